The van der Waals surface area contributed by atoms with Gasteiger partial charge in [-0.3, -0.25) is 4.79 Å². The number of rotatable bonds is 3. The number of ether oxygens (including phenoxy) is 1. The largest absolute Gasteiger partial charge is 0.506 e. The number of hydrazone groups is 1. The van der Waals surface area contributed by atoms with Crippen molar-refractivity contribution in [2.45, 2.75) is 19.4 Å². The SMILES string of the molecule is COc1ccc(C2CC(c3cc(Cl)cc(Cl)c3O)=NN2C(C)=O)cc1. The maximum absolute atomic E-state index is 12.0. The van der Waals surface area contributed by atoms with Crippen LogP contribution in [0, 0.1) is 0 Å². The van der Waals surface area contributed by atoms with E-state index in [1.807, 2.05) is 24.3 Å². The van der Waals surface area contributed by atoms with Crippen molar-refractivity contribution in [1.82, 2.24) is 5.01 Å². The Morgan fingerprint density at radius 3 is 2.56 bits per heavy atom. The van der Waals surface area contributed by atoms with Crippen molar-refractivity contribution in [2.24, 2.45) is 5.10 Å². The molecule has 1 atom stereocenters. The molecule has 7 heteroatoms. The number of phenols is 1. The normalized spacial score (nSPS) is 16.7. The Labute approximate surface area is 155 Å². The number of hydrogen-bond donors (Lipinski definition) is 1. The van der Waals surface area contributed by atoms with E-state index in [4.69, 9.17) is 27.9 Å². The number of benzene rings is 2. The lowest BCUT2D eigenvalue weighted by Gasteiger charge is -2.20. The molecule has 3 rings (SSSR count). The van der Waals surface area contributed by atoms with Crippen molar-refractivity contribution in [3.63, 3.8) is 0 Å². The monoisotopic (exact) mass is 378 g/mol. The van der Waals surface area contributed by atoms with E-state index >= 15 is 0 Å². The Hall–Kier alpha value is -2.24. The first-order valence-electron chi connectivity index (χ1n) is 7.60. The third kappa shape index (κ3) is 3.43. The van der Waals surface area contributed by atoms with Crippen molar-refractivity contribution in [2.75, 3.05) is 7.11 Å². The molecule has 0 fully saturated rings. The highest BCUT2D eigenvalue weighted by atomic mass is 35.5. The summed E-state index contributed by atoms with van der Waals surface area (Å²) >= 11 is 12.0. The zero-order valence-corrected chi connectivity index (χ0v) is 15.2. The maximum atomic E-state index is 12.0. The summed E-state index contributed by atoms with van der Waals surface area (Å²) in [7, 11) is 1.60. The Morgan fingerprint density at radius 1 is 1.28 bits per heavy atom. The molecule has 130 valence electrons. The molecule has 2 aromatic carbocycles. The highest BCUT2D eigenvalue weighted by Gasteiger charge is 2.32. The van der Waals surface area contributed by atoms with Crippen LogP contribution in [0.3, 0.4) is 0 Å². The second kappa shape index (κ2) is 6.94. The van der Waals surface area contributed by atoms with Crippen LogP contribution in [-0.4, -0.2) is 28.8 Å². The molecule has 1 aliphatic heterocycles. The van der Waals surface area contributed by atoms with Crippen molar-refractivity contribution in [1.29, 1.82) is 0 Å². The lowest BCUT2D eigenvalue weighted by atomic mass is 9.98. The van der Waals surface area contributed by atoms with Gasteiger partial charge in [0.2, 0.25) is 5.91 Å². The van der Waals surface area contributed by atoms with Gasteiger partial charge < -0.3 is 9.84 Å². The molecule has 0 saturated heterocycles. The van der Waals surface area contributed by atoms with Gasteiger partial charge >= 0.3 is 0 Å². The Balaban J connectivity index is 1.98. The summed E-state index contributed by atoms with van der Waals surface area (Å²) in [5, 5.41) is 16.6. The van der Waals surface area contributed by atoms with Gasteiger partial charge in [0, 0.05) is 23.9 Å². The number of phenolic OH excluding ortho intramolecular Hbond substituents is 1. The minimum absolute atomic E-state index is 0.0938. The van der Waals surface area contributed by atoms with Crippen LogP contribution in [0.1, 0.15) is 30.5 Å². The average Bonchev–Trinajstić information content (AvgIpc) is 3.03. The summed E-state index contributed by atoms with van der Waals surface area (Å²) in [5.41, 5.74) is 1.90. The van der Waals surface area contributed by atoms with Crippen molar-refractivity contribution in [3.05, 3.63) is 57.6 Å². The molecule has 5 nitrogen and oxygen atoms in total. The topological polar surface area (TPSA) is 62.1 Å². The first kappa shape index (κ1) is 17.6. The molecule has 0 saturated carbocycles. The molecule has 1 N–H and O–H groups in total. The number of halogens is 2. The van der Waals surface area contributed by atoms with E-state index < -0.39 is 0 Å². The molecule has 2 aromatic rings. The van der Waals surface area contributed by atoms with Crippen LogP contribution in [-0.2, 0) is 4.79 Å². The minimum atomic E-state index is -0.268. The molecule has 0 radical (unpaired) electrons. The number of carbonyl (C=O) groups is 1. The number of nitrogens with zero attached hydrogens (tertiary/aromatic N) is 2. The van der Waals surface area contributed by atoms with E-state index in [0.717, 1.165) is 11.3 Å². The van der Waals surface area contributed by atoms with Crippen LogP contribution >= 0.6 is 23.2 Å². The molecule has 0 aliphatic carbocycles. The van der Waals surface area contributed by atoms with Crippen molar-refractivity contribution >= 4 is 34.8 Å². The summed E-state index contributed by atoms with van der Waals surface area (Å²) in [6, 6.07) is 10.2. The van der Waals surface area contributed by atoms with Crippen LogP contribution in [0.5, 0.6) is 11.5 Å². The molecule has 0 aromatic heterocycles. The number of amides is 1. The lowest BCUT2D eigenvalue weighted by Crippen LogP contribution is -2.24. The second-order valence-corrected chi connectivity index (χ2v) is 6.53. The first-order chi connectivity index (χ1) is 11.9. The standard InChI is InChI=1S/C18H16Cl2N2O3/c1-10(23)22-17(11-3-5-13(25-2)6-4-11)9-16(21-22)14-7-12(19)8-15(20)18(14)24/h3-8,17,24H,9H2,1-2H3. The summed E-state index contributed by atoms with van der Waals surface area (Å²) in [5.74, 6) is 0.448. The lowest BCUT2D eigenvalue weighted by molar-refractivity contribution is -0.130. The molecule has 1 amide bonds. The first-order valence-corrected chi connectivity index (χ1v) is 8.36. The highest BCUT2D eigenvalue weighted by Crippen LogP contribution is 2.38. The van der Waals surface area contributed by atoms with Crippen molar-refractivity contribution in [3.8, 4) is 11.5 Å². The highest BCUT2D eigenvalue weighted by molar-refractivity contribution is 6.36. The van der Waals surface area contributed by atoms with Crippen LogP contribution < -0.4 is 4.74 Å². The number of carbonyl (C=O) groups excluding carboxylic acids is 1. The van der Waals surface area contributed by atoms with Gasteiger partial charge in [0.05, 0.1) is 23.9 Å². The van der Waals surface area contributed by atoms with Crippen LogP contribution in [0.4, 0.5) is 0 Å². The van der Waals surface area contributed by atoms with Crippen LogP contribution in [0.2, 0.25) is 10.0 Å². The van der Waals surface area contributed by atoms with E-state index in [1.165, 1.54) is 18.0 Å². The van der Waals surface area contributed by atoms with E-state index in [2.05, 4.69) is 5.10 Å². The molecule has 0 bridgehead atoms. The smallest absolute Gasteiger partial charge is 0.240 e. The van der Waals surface area contributed by atoms with Gasteiger partial charge in [-0.15, -0.1) is 0 Å². The predicted octanol–water partition coefficient (Wildman–Crippen LogP) is 4.41. The molecule has 1 aliphatic rings. The molecule has 1 unspecified atom stereocenters. The summed E-state index contributed by atoms with van der Waals surface area (Å²) in [6.45, 7) is 1.45. The van der Waals surface area contributed by atoms with E-state index in [1.54, 1.807) is 13.2 Å². The van der Waals surface area contributed by atoms with Gasteiger partial charge in [0.25, 0.3) is 0 Å². The molecular formula is C18H16Cl2N2O3. The summed E-state index contributed by atoms with van der Waals surface area (Å²) < 4.78 is 5.17. The van der Waals surface area contributed by atoms with Gasteiger partial charge in [0.1, 0.15) is 11.5 Å². The third-order valence-electron chi connectivity index (χ3n) is 4.07. The van der Waals surface area contributed by atoms with E-state index in [0.29, 0.717) is 22.7 Å². The molecule has 0 spiro atoms. The Morgan fingerprint density at radius 2 is 1.96 bits per heavy atom. The summed E-state index contributed by atoms with van der Waals surface area (Å²) in [6.07, 6.45) is 0.441. The number of aromatic hydroxyl groups is 1. The molecular weight excluding hydrogens is 363 g/mol. The van der Waals surface area contributed by atoms with Gasteiger partial charge in [0.15, 0.2) is 0 Å². The van der Waals surface area contributed by atoms with Crippen LogP contribution in [0.15, 0.2) is 41.5 Å². The second-order valence-electron chi connectivity index (χ2n) is 5.69. The predicted molar refractivity (Wildman–Crippen MR) is 97.5 cm³/mol. The minimum Gasteiger partial charge on any atom is -0.506 e. The van der Waals surface area contributed by atoms with E-state index in [9.17, 15) is 9.90 Å². The van der Waals surface area contributed by atoms with E-state index in [-0.39, 0.29) is 22.7 Å². The Kier molecular flexibility index (Phi) is 4.88. The maximum Gasteiger partial charge on any atom is 0.240 e. The fraction of sp³-hybridized carbons (Fsp3) is 0.222. The third-order valence-corrected chi connectivity index (χ3v) is 4.58. The average molecular weight is 379 g/mol. The van der Waals surface area contributed by atoms with Gasteiger partial charge in [-0.05, 0) is 29.8 Å². The zero-order chi connectivity index (χ0) is 18.1. The fourth-order valence-electron chi connectivity index (χ4n) is 2.83. The van der Waals surface area contributed by atoms with Crippen molar-refractivity contribution < 1.29 is 14.6 Å². The molecule has 1 heterocycles. The molecule has 25 heavy (non-hydrogen) atoms. The van der Waals surface area contributed by atoms with Crippen LogP contribution in [0.25, 0.3) is 0 Å². The Bertz CT molecular complexity index is 850. The summed E-state index contributed by atoms with van der Waals surface area (Å²) in [4.78, 5) is 12.0. The quantitative estimate of drug-likeness (QED) is 0.860. The van der Waals surface area contributed by atoms with Gasteiger partial charge in [-0.1, -0.05) is 35.3 Å². The fourth-order valence-corrected chi connectivity index (χ4v) is 3.33. The van der Waals surface area contributed by atoms with Gasteiger partial charge in [-0.2, -0.15) is 5.10 Å². The number of hydrogen-bond acceptors (Lipinski definition) is 4. The van der Waals surface area contributed by atoms with Gasteiger partial charge in [-0.25, -0.2) is 5.01 Å². The zero-order valence-electron chi connectivity index (χ0n) is 13.7. The number of methoxy groups -OCH3 is 1.